The van der Waals surface area contributed by atoms with E-state index in [0.717, 1.165) is 47.9 Å². The zero-order valence-electron chi connectivity index (χ0n) is 21.0. The fourth-order valence-electron chi connectivity index (χ4n) is 5.05. The number of hydrogen-bond donors (Lipinski definition) is 2. The minimum absolute atomic E-state index is 0.140. The molecule has 0 saturated carbocycles. The van der Waals surface area contributed by atoms with Crippen molar-refractivity contribution in [2.75, 3.05) is 56.1 Å². The highest BCUT2D eigenvalue weighted by Gasteiger charge is 2.23. The molecule has 2 fully saturated rings. The average Bonchev–Trinajstić information content (AvgIpc) is 2.96. The number of amides is 2. The number of benzene rings is 2. The molecule has 37 heavy (non-hydrogen) atoms. The third-order valence-corrected chi connectivity index (χ3v) is 7.14. The van der Waals surface area contributed by atoms with Crippen molar-refractivity contribution in [3.63, 3.8) is 0 Å². The van der Waals surface area contributed by atoms with Gasteiger partial charge in [-0.15, -0.1) is 0 Å². The first kappa shape index (κ1) is 24.8. The number of aromatic nitrogens is 2. The largest absolute Gasteiger partial charge is 0.494 e. The summed E-state index contributed by atoms with van der Waals surface area (Å²) in [6.45, 7) is 5.54. The van der Waals surface area contributed by atoms with Crippen LogP contribution in [-0.4, -0.2) is 66.8 Å². The van der Waals surface area contributed by atoms with Crippen LogP contribution >= 0.6 is 0 Å². The lowest BCUT2D eigenvalue weighted by atomic mass is 9.95. The fourth-order valence-corrected chi connectivity index (χ4v) is 5.05. The zero-order valence-corrected chi connectivity index (χ0v) is 21.0. The van der Waals surface area contributed by atoms with Crippen LogP contribution in [0.1, 0.15) is 31.2 Å². The minimum Gasteiger partial charge on any atom is -0.494 e. The molecule has 2 aliphatic heterocycles. The Kier molecular flexibility index (Phi) is 7.96. The van der Waals surface area contributed by atoms with Gasteiger partial charge in [-0.05, 0) is 81.1 Å². The first-order valence-electron chi connectivity index (χ1n) is 13.1. The first-order valence-corrected chi connectivity index (χ1v) is 13.1. The van der Waals surface area contributed by atoms with Crippen LogP contribution in [0.3, 0.4) is 0 Å². The van der Waals surface area contributed by atoms with E-state index in [1.807, 2.05) is 18.2 Å². The first-order chi connectivity index (χ1) is 18.2. The summed E-state index contributed by atoms with van der Waals surface area (Å²) in [6, 6.07) is 14.8. The molecule has 1 unspecified atom stereocenters. The lowest BCUT2D eigenvalue weighted by Gasteiger charge is -2.35. The smallest absolute Gasteiger partial charge is 0.321 e. The molecular weight excluding hydrogens is 466 g/mol. The number of nitriles is 1. The van der Waals surface area contributed by atoms with Crippen LogP contribution in [0.4, 0.5) is 16.3 Å². The van der Waals surface area contributed by atoms with Crippen molar-refractivity contribution in [2.45, 2.75) is 25.7 Å². The number of piperazine rings is 1. The lowest BCUT2D eigenvalue weighted by Crippen LogP contribution is -2.50. The summed E-state index contributed by atoms with van der Waals surface area (Å²) < 4.78 is 6.03. The molecule has 1 aromatic heterocycles. The predicted octanol–water partition coefficient (Wildman–Crippen LogP) is 4.01. The maximum Gasteiger partial charge on any atom is 0.321 e. The van der Waals surface area contributed by atoms with Crippen LogP contribution in [0.15, 0.2) is 48.8 Å². The van der Waals surface area contributed by atoms with Crippen molar-refractivity contribution in [1.82, 2.24) is 20.2 Å². The molecule has 1 atom stereocenters. The highest BCUT2D eigenvalue weighted by atomic mass is 16.5. The molecule has 2 amide bonds. The van der Waals surface area contributed by atoms with Gasteiger partial charge in [0.25, 0.3) is 0 Å². The third-order valence-electron chi connectivity index (χ3n) is 7.14. The molecular formula is C28H33N7O2. The Hall–Kier alpha value is -3.90. The Bertz CT molecular complexity index is 1240. The van der Waals surface area contributed by atoms with Crippen LogP contribution in [0.2, 0.25) is 0 Å². The molecule has 2 N–H and O–H groups in total. The summed E-state index contributed by atoms with van der Waals surface area (Å²) in [7, 11) is 0. The lowest BCUT2D eigenvalue weighted by molar-refractivity contribution is 0.208. The van der Waals surface area contributed by atoms with Crippen molar-refractivity contribution < 1.29 is 9.53 Å². The van der Waals surface area contributed by atoms with Gasteiger partial charge in [0.15, 0.2) is 0 Å². The van der Waals surface area contributed by atoms with E-state index >= 15 is 0 Å². The number of rotatable bonds is 7. The van der Waals surface area contributed by atoms with Crippen LogP contribution in [-0.2, 0) is 0 Å². The molecule has 2 saturated heterocycles. The summed E-state index contributed by atoms with van der Waals surface area (Å²) in [5, 5.41) is 16.3. The number of anilines is 2. The van der Waals surface area contributed by atoms with Gasteiger partial charge < -0.3 is 25.2 Å². The standard InChI is InChI=1S/C28H33N7O2/c29-18-21-5-7-23(8-6-21)33-28(36)35-14-12-34(13-15-35)27-25-10-9-24(17-26(25)31-20-32-27)37-16-2-4-22-3-1-11-30-19-22/h5-10,17,20,22,30H,1-4,11-16,19H2,(H,33,36). The van der Waals surface area contributed by atoms with Crippen molar-refractivity contribution in [1.29, 1.82) is 5.26 Å². The number of piperidine rings is 1. The second-order valence-electron chi connectivity index (χ2n) is 9.67. The quantitative estimate of drug-likeness (QED) is 0.473. The minimum atomic E-state index is -0.140. The molecule has 9 nitrogen and oxygen atoms in total. The number of carbonyl (C=O) groups is 1. The highest BCUT2D eigenvalue weighted by Crippen LogP contribution is 2.27. The number of nitrogens with one attached hydrogen (secondary N) is 2. The highest BCUT2D eigenvalue weighted by molar-refractivity contribution is 5.91. The van der Waals surface area contributed by atoms with Gasteiger partial charge in [0.2, 0.25) is 0 Å². The van der Waals surface area contributed by atoms with Crippen molar-refractivity contribution in [3.8, 4) is 11.8 Å². The van der Waals surface area contributed by atoms with Crippen LogP contribution < -0.4 is 20.3 Å². The number of carbonyl (C=O) groups excluding carboxylic acids is 1. The Labute approximate surface area is 217 Å². The van der Waals surface area contributed by atoms with Gasteiger partial charge in [0, 0.05) is 43.3 Å². The number of nitrogens with zero attached hydrogens (tertiary/aromatic N) is 5. The molecule has 0 radical (unpaired) electrons. The van der Waals surface area contributed by atoms with E-state index < -0.39 is 0 Å². The maximum atomic E-state index is 12.7. The van der Waals surface area contributed by atoms with Crippen LogP contribution in [0, 0.1) is 17.2 Å². The number of hydrogen-bond acceptors (Lipinski definition) is 7. The van der Waals surface area contributed by atoms with Crippen LogP contribution in [0.5, 0.6) is 5.75 Å². The summed E-state index contributed by atoms with van der Waals surface area (Å²) in [4.78, 5) is 25.7. The molecule has 3 heterocycles. The summed E-state index contributed by atoms with van der Waals surface area (Å²) in [6.07, 6.45) is 6.45. The molecule has 0 bridgehead atoms. The van der Waals surface area contributed by atoms with Gasteiger partial charge in [-0.25, -0.2) is 14.8 Å². The molecule has 192 valence electrons. The second kappa shape index (κ2) is 11.9. The monoisotopic (exact) mass is 499 g/mol. The Morgan fingerprint density at radius 3 is 2.73 bits per heavy atom. The van der Waals surface area contributed by atoms with Crippen molar-refractivity contribution in [2.24, 2.45) is 5.92 Å². The van der Waals surface area contributed by atoms with Gasteiger partial charge in [-0.1, -0.05) is 0 Å². The molecule has 2 aromatic carbocycles. The van der Waals surface area contributed by atoms with E-state index in [4.69, 9.17) is 10.00 Å². The van der Waals surface area contributed by atoms with E-state index in [1.165, 1.54) is 19.3 Å². The van der Waals surface area contributed by atoms with Gasteiger partial charge in [-0.2, -0.15) is 5.26 Å². The zero-order chi connectivity index (χ0) is 25.5. The van der Waals surface area contributed by atoms with E-state index in [9.17, 15) is 4.79 Å². The third kappa shape index (κ3) is 6.27. The van der Waals surface area contributed by atoms with Gasteiger partial charge in [0.05, 0.1) is 23.8 Å². The van der Waals surface area contributed by atoms with Gasteiger partial charge >= 0.3 is 6.03 Å². The molecule has 5 rings (SSSR count). The fraction of sp³-hybridized carbons (Fsp3) is 0.429. The van der Waals surface area contributed by atoms with Crippen LogP contribution in [0.25, 0.3) is 10.9 Å². The Morgan fingerprint density at radius 2 is 1.97 bits per heavy atom. The van der Waals surface area contributed by atoms with Crippen molar-refractivity contribution in [3.05, 3.63) is 54.4 Å². The Morgan fingerprint density at radius 1 is 1.14 bits per heavy atom. The van der Waals surface area contributed by atoms with Gasteiger partial charge in [0.1, 0.15) is 17.9 Å². The van der Waals surface area contributed by atoms with Gasteiger partial charge in [-0.3, -0.25) is 0 Å². The summed E-state index contributed by atoms with van der Waals surface area (Å²) in [5.74, 6) is 2.49. The number of urea groups is 1. The average molecular weight is 500 g/mol. The second-order valence-corrected chi connectivity index (χ2v) is 9.67. The summed E-state index contributed by atoms with van der Waals surface area (Å²) >= 11 is 0. The summed E-state index contributed by atoms with van der Waals surface area (Å²) in [5.41, 5.74) is 2.10. The molecule has 9 heteroatoms. The van der Waals surface area contributed by atoms with E-state index in [-0.39, 0.29) is 6.03 Å². The maximum absolute atomic E-state index is 12.7. The SMILES string of the molecule is N#Cc1ccc(NC(=O)N2CCN(c3ncnc4cc(OCCCC5CCCNC5)ccc34)CC2)cc1. The molecule has 3 aromatic rings. The molecule has 0 aliphatic carbocycles. The predicted molar refractivity (Wildman–Crippen MR) is 144 cm³/mol. The van der Waals surface area contributed by atoms with E-state index in [1.54, 1.807) is 35.5 Å². The number of ether oxygens (including phenoxy) is 1. The van der Waals surface area contributed by atoms with Crippen molar-refractivity contribution >= 4 is 28.4 Å². The number of fused-ring (bicyclic) bond motifs is 1. The molecule has 0 spiro atoms. The van der Waals surface area contributed by atoms with E-state index in [2.05, 4.69) is 31.6 Å². The Balaban J connectivity index is 1.14. The normalized spacial score (nSPS) is 17.9. The van der Waals surface area contributed by atoms with E-state index in [0.29, 0.717) is 44.0 Å². The topological polar surface area (TPSA) is 106 Å². The molecule has 2 aliphatic rings.